The average molecular weight is 646 g/mol. The molecule has 6 heteroatoms. The van der Waals surface area contributed by atoms with E-state index >= 15 is 0 Å². The third-order valence-corrected chi connectivity index (χ3v) is 10.2. The summed E-state index contributed by atoms with van der Waals surface area (Å²) in [6.45, 7) is 0. The first-order valence-corrected chi connectivity index (χ1v) is 17.1. The van der Waals surface area contributed by atoms with Crippen LogP contribution in [-0.2, 0) is 0 Å². The van der Waals surface area contributed by atoms with Gasteiger partial charge in [-0.3, -0.25) is 4.40 Å². The van der Waals surface area contributed by atoms with E-state index in [1.54, 1.807) is 17.7 Å². The van der Waals surface area contributed by atoms with Crippen LogP contribution < -0.4 is 4.90 Å². The maximum absolute atomic E-state index is 5.00. The molecule has 0 aliphatic rings. The minimum absolute atomic E-state index is 0.630. The van der Waals surface area contributed by atoms with Gasteiger partial charge in [-0.05, 0) is 83.2 Å². The number of nitrogens with zero attached hydrogens (tertiary/aromatic N) is 5. The van der Waals surface area contributed by atoms with Crippen LogP contribution in [0.1, 0.15) is 0 Å². The minimum atomic E-state index is 0.630. The van der Waals surface area contributed by atoms with Crippen LogP contribution in [0, 0.1) is 0 Å². The first-order chi connectivity index (χ1) is 24.3. The molecule has 0 amide bonds. The molecule has 0 saturated heterocycles. The lowest BCUT2D eigenvalue weighted by molar-refractivity contribution is 1.06. The summed E-state index contributed by atoms with van der Waals surface area (Å²) in [5, 5.41) is 7.33. The van der Waals surface area contributed by atoms with E-state index in [0.717, 1.165) is 33.8 Å². The first-order valence-electron chi connectivity index (χ1n) is 16.3. The van der Waals surface area contributed by atoms with Gasteiger partial charge in [0.15, 0.2) is 11.6 Å². The van der Waals surface area contributed by atoms with Crippen molar-refractivity contribution in [2.75, 3.05) is 4.90 Å². The van der Waals surface area contributed by atoms with Gasteiger partial charge in [-0.15, -0.1) is 11.3 Å². The Bertz CT molecular complexity index is 2750. The minimum Gasteiger partial charge on any atom is -0.310 e. The Labute approximate surface area is 286 Å². The van der Waals surface area contributed by atoms with Gasteiger partial charge in [0.25, 0.3) is 0 Å². The number of anilines is 3. The van der Waals surface area contributed by atoms with Crippen molar-refractivity contribution in [3.05, 3.63) is 163 Å². The third-order valence-electron chi connectivity index (χ3n) is 9.32. The first kappa shape index (κ1) is 27.7. The molecule has 49 heavy (non-hydrogen) atoms. The van der Waals surface area contributed by atoms with E-state index in [1.807, 2.05) is 12.1 Å². The van der Waals surface area contributed by atoms with Gasteiger partial charge >= 0.3 is 0 Å². The van der Waals surface area contributed by atoms with Crippen LogP contribution in [-0.4, -0.2) is 19.4 Å². The van der Waals surface area contributed by atoms with Gasteiger partial charge in [0.2, 0.25) is 0 Å². The second-order valence-electron chi connectivity index (χ2n) is 12.2. The highest BCUT2D eigenvalue weighted by Crippen LogP contribution is 2.43. The zero-order valence-electron chi connectivity index (χ0n) is 26.2. The van der Waals surface area contributed by atoms with E-state index in [0.29, 0.717) is 11.6 Å². The van der Waals surface area contributed by atoms with E-state index in [-0.39, 0.29) is 0 Å². The van der Waals surface area contributed by atoms with E-state index in [4.69, 9.17) is 4.98 Å². The van der Waals surface area contributed by atoms with Gasteiger partial charge in [0, 0.05) is 49.7 Å². The molecule has 0 spiro atoms. The quantitative estimate of drug-likeness (QED) is 0.181. The number of benzene rings is 6. The molecule has 0 bridgehead atoms. The van der Waals surface area contributed by atoms with Crippen LogP contribution in [0.15, 0.2) is 163 Å². The Kier molecular flexibility index (Phi) is 6.29. The van der Waals surface area contributed by atoms with Gasteiger partial charge in [-0.1, -0.05) is 84.9 Å². The standard InChI is InChI=1S/C43H27N5S/c1-3-14-32(15-4-1)47(33-16-5-2-6-17-33)34-18-10-13-30(24-34)42-45-27-44-41(46-42)29-12-9-11-28(23-29)31-25-37-35-19-7-8-20-39(35)48-40(37)38(26-31)36-21-22-49-43(36)48/h1-27H. The van der Waals surface area contributed by atoms with Crippen LogP contribution in [0.25, 0.3) is 71.3 Å². The van der Waals surface area contributed by atoms with Gasteiger partial charge in [0.05, 0.1) is 11.0 Å². The fraction of sp³-hybridized carbons (Fsp3) is 0. The van der Waals surface area contributed by atoms with Gasteiger partial charge in [-0.2, -0.15) is 0 Å². The highest BCUT2D eigenvalue weighted by molar-refractivity contribution is 7.17. The summed E-state index contributed by atoms with van der Waals surface area (Å²) in [5.41, 5.74) is 9.90. The Morgan fingerprint density at radius 1 is 0.469 bits per heavy atom. The lowest BCUT2D eigenvalue weighted by atomic mass is 9.98. The Hall–Kier alpha value is -6.37. The summed E-state index contributed by atoms with van der Waals surface area (Å²) in [6, 6.07) is 53.4. The maximum Gasteiger partial charge on any atom is 0.163 e. The summed E-state index contributed by atoms with van der Waals surface area (Å²) in [7, 11) is 0. The highest BCUT2D eigenvalue weighted by Gasteiger charge is 2.20. The molecule has 0 aliphatic heterocycles. The molecule has 0 saturated carbocycles. The van der Waals surface area contributed by atoms with Gasteiger partial charge in [-0.25, -0.2) is 15.0 Å². The molecule has 0 atom stereocenters. The normalized spacial score (nSPS) is 11.7. The predicted molar refractivity (Wildman–Crippen MR) is 203 cm³/mol. The molecule has 4 heterocycles. The van der Waals surface area contributed by atoms with E-state index in [9.17, 15) is 0 Å². The Morgan fingerprint density at radius 3 is 1.84 bits per heavy atom. The smallest absolute Gasteiger partial charge is 0.163 e. The Morgan fingerprint density at radius 2 is 1.08 bits per heavy atom. The number of thiophene rings is 1. The molecule has 4 aromatic heterocycles. The van der Waals surface area contributed by atoms with Gasteiger partial charge < -0.3 is 4.90 Å². The molecule has 0 unspecified atom stereocenters. The van der Waals surface area contributed by atoms with Gasteiger partial charge in [0.1, 0.15) is 11.2 Å². The SMILES string of the molecule is c1ccc(N(c2ccccc2)c2cccc(-c3ncnc(-c4cccc(-c5cc6c7ccccc7n7c8sccc8c(c5)c67)c4)n3)c2)cc1. The molecule has 0 fully saturated rings. The highest BCUT2D eigenvalue weighted by atomic mass is 32.1. The average Bonchev–Trinajstić information content (AvgIpc) is 3.87. The number of aromatic nitrogens is 4. The van der Waals surface area contributed by atoms with Crippen LogP contribution in [0.4, 0.5) is 17.1 Å². The second kappa shape index (κ2) is 11.1. The van der Waals surface area contributed by atoms with Crippen molar-refractivity contribution in [1.29, 1.82) is 0 Å². The Balaban J connectivity index is 1.05. The van der Waals surface area contributed by atoms with Crippen LogP contribution >= 0.6 is 11.3 Å². The third kappa shape index (κ3) is 4.49. The van der Waals surface area contributed by atoms with E-state index in [2.05, 4.69) is 164 Å². The molecule has 6 aromatic carbocycles. The molecule has 0 N–H and O–H groups in total. The van der Waals surface area contributed by atoms with Crippen molar-refractivity contribution in [3.8, 4) is 33.9 Å². The molecule has 10 rings (SSSR count). The predicted octanol–water partition coefficient (Wildman–Crippen LogP) is 11.6. The molecule has 5 nitrogen and oxygen atoms in total. The number of hydrogen-bond donors (Lipinski definition) is 0. The fourth-order valence-corrected chi connectivity index (χ4v) is 8.09. The van der Waals surface area contributed by atoms with Crippen LogP contribution in [0.5, 0.6) is 0 Å². The molecule has 0 radical (unpaired) electrons. The summed E-state index contributed by atoms with van der Waals surface area (Å²) in [6.07, 6.45) is 1.61. The van der Waals surface area contributed by atoms with E-state index < -0.39 is 0 Å². The molecule has 0 aliphatic carbocycles. The number of fused-ring (bicyclic) bond motifs is 6. The molecular formula is C43H27N5S. The summed E-state index contributed by atoms with van der Waals surface area (Å²) >= 11 is 1.80. The fourth-order valence-electron chi connectivity index (χ4n) is 7.16. The lowest BCUT2D eigenvalue weighted by Crippen LogP contribution is -2.09. The van der Waals surface area contributed by atoms with Crippen LogP contribution in [0.2, 0.25) is 0 Å². The van der Waals surface area contributed by atoms with Crippen molar-refractivity contribution in [2.24, 2.45) is 0 Å². The number of para-hydroxylation sites is 3. The summed E-state index contributed by atoms with van der Waals surface area (Å²) in [4.78, 5) is 17.8. The largest absolute Gasteiger partial charge is 0.310 e. The van der Waals surface area contributed by atoms with Crippen molar-refractivity contribution >= 4 is 65.8 Å². The molecule has 230 valence electrons. The molecule has 10 aromatic rings. The topological polar surface area (TPSA) is 46.3 Å². The summed E-state index contributed by atoms with van der Waals surface area (Å²) < 4.78 is 2.43. The lowest BCUT2D eigenvalue weighted by Gasteiger charge is -2.25. The van der Waals surface area contributed by atoms with E-state index in [1.165, 1.54) is 43.0 Å². The summed E-state index contributed by atoms with van der Waals surface area (Å²) in [5.74, 6) is 1.27. The zero-order chi connectivity index (χ0) is 32.3. The van der Waals surface area contributed by atoms with Crippen molar-refractivity contribution in [3.63, 3.8) is 0 Å². The number of hydrogen-bond acceptors (Lipinski definition) is 5. The maximum atomic E-state index is 5.00. The van der Waals surface area contributed by atoms with Crippen molar-refractivity contribution in [2.45, 2.75) is 0 Å². The zero-order valence-corrected chi connectivity index (χ0v) is 27.0. The second-order valence-corrected chi connectivity index (χ2v) is 13.1. The number of rotatable bonds is 6. The van der Waals surface area contributed by atoms with Crippen LogP contribution in [0.3, 0.4) is 0 Å². The monoisotopic (exact) mass is 645 g/mol. The van der Waals surface area contributed by atoms with Crippen molar-refractivity contribution in [1.82, 2.24) is 19.4 Å². The molecular weight excluding hydrogens is 619 g/mol. The van der Waals surface area contributed by atoms with Crippen molar-refractivity contribution < 1.29 is 0 Å².